The molecule has 4 nitrogen and oxygen atoms in total. The van der Waals surface area contributed by atoms with Gasteiger partial charge in [-0.15, -0.1) is 0 Å². The molecule has 3 aliphatic heterocycles. The van der Waals surface area contributed by atoms with E-state index in [0.29, 0.717) is 29.9 Å². The first-order valence-corrected chi connectivity index (χ1v) is 8.72. The molecular weight excluding hydrogens is 579 g/mol. The van der Waals surface area contributed by atoms with Gasteiger partial charge in [-0.25, -0.2) is 0 Å². The van der Waals surface area contributed by atoms with Crippen LogP contribution in [0.15, 0.2) is 5.57 Å². The first kappa shape index (κ1) is 16.4. The summed E-state index contributed by atoms with van der Waals surface area (Å²) >= 11 is -0.0433. The van der Waals surface area contributed by atoms with Crippen LogP contribution in [0.3, 0.4) is 0 Å². The van der Waals surface area contributed by atoms with Gasteiger partial charge < -0.3 is 0 Å². The molecule has 104 valence electrons. The smallest absolute Gasteiger partial charge is 2.00 e. The van der Waals surface area contributed by atoms with Gasteiger partial charge in [0.15, 0.2) is 0 Å². The number of rotatable bonds is 2. The zero-order chi connectivity index (χ0) is 12.7. The summed E-state index contributed by atoms with van der Waals surface area (Å²) in [5.74, 6) is 0. The van der Waals surface area contributed by atoms with E-state index in [0.717, 1.165) is 30.1 Å². The first-order valence-electron chi connectivity index (χ1n) is 6.51. The Morgan fingerprint density at radius 2 is 2.21 bits per heavy atom. The standard InChI is InChI=1S/C13H19IN3O.U/c1-9-6-17(4-3-12(9)15)14-11-5-10-7-16(2)8-13(11)18-10;/h1,10-11,13H,3-8H2,2H3;/q-3;+2. The van der Waals surface area contributed by atoms with E-state index in [9.17, 15) is 5.41 Å². The van der Waals surface area contributed by atoms with Crippen LogP contribution >= 0.6 is 0 Å². The number of likely N-dealkylation sites (N-methyl/N-ethyl adjacent to an activating group) is 1. The second kappa shape index (κ2) is 6.89. The third-order valence-corrected chi connectivity index (χ3v) is 7.47. The normalized spacial score (nSPS) is 36.6. The van der Waals surface area contributed by atoms with Crippen molar-refractivity contribution in [1.82, 2.24) is 8.01 Å². The number of hydrogen-bond acceptors (Lipinski definition) is 3. The summed E-state index contributed by atoms with van der Waals surface area (Å²) < 4.78 is 9.23. The molecule has 3 atom stereocenters. The molecule has 0 aromatic heterocycles. The fourth-order valence-electron chi connectivity index (χ4n) is 2.90. The van der Waals surface area contributed by atoms with Crippen LogP contribution in [0.1, 0.15) is 12.8 Å². The molecule has 0 amide bonds. The van der Waals surface area contributed by atoms with Crippen molar-refractivity contribution >= 4 is 5.71 Å². The van der Waals surface area contributed by atoms with Crippen LogP contribution in [0, 0.1) is 37.7 Å². The van der Waals surface area contributed by atoms with Crippen molar-refractivity contribution in [2.75, 3.05) is 33.2 Å². The molecule has 2 bridgehead atoms. The Morgan fingerprint density at radius 3 is 2.95 bits per heavy atom. The predicted octanol–water partition coefficient (Wildman–Crippen LogP) is -2.46. The fourth-order valence-corrected chi connectivity index (χ4v) is 6.55. The van der Waals surface area contributed by atoms with E-state index in [4.69, 9.17) is 11.3 Å². The van der Waals surface area contributed by atoms with E-state index in [1.807, 2.05) is 0 Å². The fraction of sp³-hybridized carbons (Fsp3) is 0.769. The van der Waals surface area contributed by atoms with Crippen LogP contribution in [0.2, 0.25) is 0 Å². The number of fused-ring (bicyclic) bond motifs is 2. The number of piperidine rings is 1. The number of hydrogen-bond donors (Lipinski definition) is 0. The largest absolute Gasteiger partial charge is 2.00 e. The van der Waals surface area contributed by atoms with Gasteiger partial charge in [-0.05, 0) is 0 Å². The van der Waals surface area contributed by atoms with Gasteiger partial charge in [-0.2, -0.15) is 0 Å². The molecule has 0 saturated carbocycles. The second-order valence-electron chi connectivity index (χ2n) is 5.43. The Morgan fingerprint density at radius 1 is 1.42 bits per heavy atom. The minimum absolute atomic E-state index is 0. The van der Waals surface area contributed by atoms with Crippen molar-refractivity contribution in [3.8, 4) is 0 Å². The van der Waals surface area contributed by atoms with E-state index < -0.39 is 0 Å². The van der Waals surface area contributed by atoms with Gasteiger partial charge in [0.2, 0.25) is 0 Å². The molecule has 0 aliphatic carbocycles. The molecule has 0 aromatic rings. The SMILES string of the molecule is [CH-]=C1CN([I-]C2CC3CN(C)CC2O3)CCC1=[N-].[U+2]. The summed E-state index contributed by atoms with van der Waals surface area (Å²) in [5.41, 5.74) is 1.07. The average molecular weight is 598 g/mol. The van der Waals surface area contributed by atoms with Crippen molar-refractivity contribution in [2.24, 2.45) is 0 Å². The summed E-state index contributed by atoms with van der Waals surface area (Å²) in [6.45, 7) is 9.71. The minimum atomic E-state index is -0.0433. The quantitative estimate of drug-likeness (QED) is 0.153. The van der Waals surface area contributed by atoms with Crippen LogP contribution in [-0.2, 0) is 4.74 Å². The zero-order valence-electron chi connectivity index (χ0n) is 11.2. The molecule has 0 N–H and O–H groups in total. The van der Waals surface area contributed by atoms with Crippen LogP contribution in [0.5, 0.6) is 0 Å². The Balaban J connectivity index is 0.00000133. The van der Waals surface area contributed by atoms with E-state index in [1.165, 1.54) is 6.42 Å². The molecule has 3 unspecified atom stereocenters. The van der Waals surface area contributed by atoms with Crippen LogP contribution in [0.25, 0.3) is 5.41 Å². The van der Waals surface area contributed by atoms with Crippen LogP contribution in [0.4, 0.5) is 0 Å². The van der Waals surface area contributed by atoms with Gasteiger partial charge >= 0.3 is 151 Å². The maximum atomic E-state index is 9.55. The predicted molar refractivity (Wildman–Crippen MR) is 66.9 cm³/mol. The molecular formula is C13H19IN3OU-. The van der Waals surface area contributed by atoms with Gasteiger partial charge in [0.1, 0.15) is 0 Å². The third kappa shape index (κ3) is 3.83. The van der Waals surface area contributed by atoms with E-state index in [-0.39, 0.29) is 52.6 Å². The van der Waals surface area contributed by atoms with Crippen molar-refractivity contribution in [1.29, 1.82) is 0 Å². The minimum Gasteiger partial charge on any atom is 2.00 e. The Bertz CT molecular complexity index is 379. The summed E-state index contributed by atoms with van der Waals surface area (Å²) in [7, 11) is 2.18. The van der Waals surface area contributed by atoms with Gasteiger partial charge in [0.25, 0.3) is 0 Å². The number of ether oxygens (including phenoxy) is 1. The maximum absolute atomic E-state index is 9.55. The number of likely N-dealkylation sites (tertiary alicyclic amines) is 1. The molecule has 3 fully saturated rings. The molecule has 6 heteroatoms. The molecule has 19 heavy (non-hydrogen) atoms. The van der Waals surface area contributed by atoms with Crippen molar-refractivity contribution in [3.63, 3.8) is 0 Å². The third-order valence-electron chi connectivity index (χ3n) is 3.83. The van der Waals surface area contributed by atoms with Gasteiger partial charge in [-0.3, -0.25) is 0 Å². The zero-order valence-corrected chi connectivity index (χ0v) is 17.5. The van der Waals surface area contributed by atoms with Gasteiger partial charge in [0, 0.05) is 0 Å². The topological polar surface area (TPSA) is 38.0 Å². The molecule has 0 aromatic carbocycles. The van der Waals surface area contributed by atoms with E-state index >= 15 is 0 Å². The van der Waals surface area contributed by atoms with E-state index in [1.54, 1.807) is 0 Å². The Hall–Kier alpha value is 1.07. The van der Waals surface area contributed by atoms with E-state index in [2.05, 4.69) is 15.1 Å². The van der Waals surface area contributed by atoms with Crippen molar-refractivity contribution < 1.29 is 57.3 Å². The number of alkyl halides is 1. The second-order valence-corrected chi connectivity index (χ2v) is 8.95. The number of morpholine rings is 1. The molecule has 3 saturated heterocycles. The number of nitrogens with zero attached hydrogens (tertiary/aromatic N) is 3. The molecule has 3 heterocycles. The maximum Gasteiger partial charge on any atom is 2.00 e. The molecule has 0 spiro atoms. The average Bonchev–Trinajstić information content (AvgIpc) is 2.59. The summed E-state index contributed by atoms with van der Waals surface area (Å²) in [6, 6.07) is 0. The Kier molecular flexibility index (Phi) is 5.96. The van der Waals surface area contributed by atoms with Crippen LogP contribution in [-0.4, -0.2) is 63.1 Å². The molecule has 0 radical (unpaired) electrons. The summed E-state index contributed by atoms with van der Waals surface area (Å²) in [5, 5.41) is 9.55. The van der Waals surface area contributed by atoms with Crippen molar-refractivity contribution in [2.45, 2.75) is 29.0 Å². The Labute approximate surface area is 149 Å². The van der Waals surface area contributed by atoms with Crippen molar-refractivity contribution in [3.05, 3.63) is 17.6 Å². The van der Waals surface area contributed by atoms with Gasteiger partial charge in [-0.1, -0.05) is 0 Å². The molecule has 3 rings (SSSR count). The first-order chi connectivity index (χ1) is 8.61. The number of halogens is 1. The molecule has 3 aliphatic rings. The van der Waals surface area contributed by atoms with Gasteiger partial charge in [0.05, 0.1) is 0 Å². The van der Waals surface area contributed by atoms with Crippen LogP contribution < -0.4 is 21.5 Å². The monoisotopic (exact) mass is 598 g/mol. The summed E-state index contributed by atoms with van der Waals surface area (Å²) in [4.78, 5) is 2.39. The summed E-state index contributed by atoms with van der Waals surface area (Å²) in [6.07, 6.45) is 2.81.